The Labute approximate surface area is 157 Å². The molecule has 0 aliphatic carbocycles. The molecule has 1 amide bonds. The highest BCUT2D eigenvalue weighted by Crippen LogP contribution is 2.24. The molecule has 1 aromatic heterocycles. The van der Waals surface area contributed by atoms with Gasteiger partial charge < -0.3 is 10.1 Å². The fourth-order valence-electron chi connectivity index (χ4n) is 3.19. The van der Waals surface area contributed by atoms with Crippen molar-refractivity contribution in [2.24, 2.45) is 0 Å². The van der Waals surface area contributed by atoms with Crippen LogP contribution in [0.1, 0.15) is 48.7 Å². The second kappa shape index (κ2) is 8.18. The van der Waals surface area contributed by atoms with E-state index in [-0.39, 0.29) is 22.9 Å². The first-order chi connectivity index (χ1) is 12.5. The number of carbonyl (C=O) groups excluding carboxylic acids is 1. The number of benzene rings is 1. The average Bonchev–Trinajstić information content (AvgIpc) is 3.21. The number of hydrogen-bond donors (Lipinski definition) is 1. The molecule has 2 atom stereocenters. The van der Waals surface area contributed by atoms with E-state index in [9.17, 15) is 9.18 Å². The van der Waals surface area contributed by atoms with Crippen LogP contribution in [-0.2, 0) is 4.74 Å². The largest absolute Gasteiger partial charge is 0.378 e. The first-order valence-corrected chi connectivity index (χ1v) is 9.27. The van der Waals surface area contributed by atoms with Crippen molar-refractivity contribution >= 4 is 17.5 Å². The number of nitrogens with zero attached hydrogens (tertiary/aromatic N) is 2. The van der Waals surface area contributed by atoms with Gasteiger partial charge in [0.25, 0.3) is 5.91 Å². The molecule has 0 radical (unpaired) electrons. The van der Waals surface area contributed by atoms with Crippen molar-refractivity contribution in [1.82, 2.24) is 15.1 Å². The first kappa shape index (κ1) is 18.9. The zero-order chi connectivity index (χ0) is 18.7. The van der Waals surface area contributed by atoms with Gasteiger partial charge in [-0.3, -0.25) is 4.79 Å². The van der Waals surface area contributed by atoms with E-state index >= 15 is 0 Å². The lowest BCUT2D eigenvalue weighted by Gasteiger charge is -2.16. The van der Waals surface area contributed by atoms with Gasteiger partial charge in [-0.2, -0.15) is 5.10 Å². The van der Waals surface area contributed by atoms with Crippen molar-refractivity contribution in [2.75, 3.05) is 6.61 Å². The van der Waals surface area contributed by atoms with E-state index in [1.807, 2.05) is 6.92 Å². The number of rotatable bonds is 6. The minimum atomic E-state index is -0.341. The maximum Gasteiger partial charge on any atom is 0.256 e. The summed E-state index contributed by atoms with van der Waals surface area (Å²) in [6, 6.07) is 5.81. The molecule has 1 fully saturated rings. The molecule has 0 bridgehead atoms. The minimum Gasteiger partial charge on any atom is -0.378 e. The zero-order valence-corrected chi connectivity index (χ0v) is 15.7. The SMILES string of the molecule is Cc1nn(-c2ccc(F)cc2)c(Cl)c1C(=O)NC(C)CCC1CCCO1. The van der Waals surface area contributed by atoms with E-state index in [0.717, 1.165) is 32.3 Å². The van der Waals surface area contributed by atoms with Gasteiger partial charge in [0.2, 0.25) is 0 Å². The van der Waals surface area contributed by atoms with Crippen molar-refractivity contribution < 1.29 is 13.9 Å². The van der Waals surface area contributed by atoms with Gasteiger partial charge in [0, 0.05) is 12.6 Å². The van der Waals surface area contributed by atoms with Crippen LogP contribution in [0.15, 0.2) is 24.3 Å². The van der Waals surface area contributed by atoms with Crippen molar-refractivity contribution in [3.05, 3.63) is 46.5 Å². The first-order valence-electron chi connectivity index (χ1n) is 8.89. The molecule has 26 heavy (non-hydrogen) atoms. The molecule has 7 heteroatoms. The smallest absolute Gasteiger partial charge is 0.256 e. The van der Waals surface area contributed by atoms with Gasteiger partial charge in [0.05, 0.1) is 23.0 Å². The van der Waals surface area contributed by atoms with Crippen molar-refractivity contribution in [1.29, 1.82) is 0 Å². The third kappa shape index (κ3) is 4.24. The van der Waals surface area contributed by atoms with Crippen LogP contribution in [-0.4, -0.2) is 34.4 Å². The molecule has 5 nitrogen and oxygen atoms in total. The third-order valence-corrected chi connectivity index (χ3v) is 4.97. The lowest BCUT2D eigenvalue weighted by molar-refractivity contribution is 0.0899. The van der Waals surface area contributed by atoms with Gasteiger partial charge in [0.15, 0.2) is 0 Å². The van der Waals surface area contributed by atoms with E-state index in [2.05, 4.69) is 10.4 Å². The van der Waals surface area contributed by atoms with Crippen LogP contribution in [0.5, 0.6) is 0 Å². The van der Waals surface area contributed by atoms with Crippen LogP contribution in [0.4, 0.5) is 4.39 Å². The highest BCUT2D eigenvalue weighted by molar-refractivity contribution is 6.33. The van der Waals surface area contributed by atoms with E-state index < -0.39 is 0 Å². The molecule has 2 aromatic rings. The number of ether oxygens (including phenoxy) is 1. The van der Waals surface area contributed by atoms with E-state index in [1.54, 1.807) is 19.1 Å². The normalized spacial score (nSPS) is 18.1. The number of amides is 1. The van der Waals surface area contributed by atoms with Crippen LogP contribution in [0.3, 0.4) is 0 Å². The predicted molar refractivity (Wildman–Crippen MR) is 98.4 cm³/mol. The Bertz CT molecular complexity index is 770. The molecule has 2 heterocycles. The monoisotopic (exact) mass is 379 g/mol. The molecule has 1 saturated heterocycles. The summed E-state index contributed by atoms with van der Waals surface area (Å²) in [7, 11) is 0. The Hall–Kier alpha value is -1.92. The molecule has 0 saturated carbocycles. The van der Waals surface area contributed by atoms with Crippen LogP contribution in [0.25, 0.3) is 5.69 Å². The minimum absolute atomic E-state index is 0.0105. The maximum absolute atomic E-state index is 13.1. The molecule has 1 N–H and O–H groups in total. The summed E-state index contributed by atoms with van der Waals surface area (Å²) in [5, 5.41) is 7.53. The summed E-state index contributed by atoms with van der Waals surface area (Å²) >= 11 is 6.39. The van der Waals surface area contributed by atoms with Crippen molar-refractivity contribution in [3.63, 3.8) is 0 Å². The van der Waals surface area contributed by atoms with Gasteiger partial charge in [-0.15, -0.1) is 0 Å². The highest BCUT2D eigenvalue weighted by atomic mass is 35.5. The summed E-state index contributed by atoms with van der Waals surface area (Å²) < 4.78 is 20.2. The molecule has 1 aromatic carbocycles. The van der Waals surface area contributed by atoms with Crippen molar-refractivity contribution in [2.45, 2.75) is 51.7 Å². The van der Waals surface area contributed by atoms with Crippen LogP contribution in [0.2, 0.25) is 5.15 Å². The lowest BCUT2D eigenvalue weighted by Crippen LogP contribution is -2.33. The molecule has 0 spiro atoms. The Morgan fingerprint density at radius 3 is 2.85 bits per heavy atom. The standard InChI is InChI=1S/C19H23ClFN3O2/c1-12(5-10-16-4-3-11-26-16)22-19(25)17-13(2)23-24(18(17)20)15-8-6-14(21)7-9-15/h6-9,12,16H,3-5,10-11H2,1-2H3,(H,22,25). The van der Waals surface area contributed by atoms with Gasteiger partial charge in [0.1, 0.15) is 11.0 Å². The second-order valence-corrected chi connectivity index (χ2v) is 7.08. The Morgan fingerprint density at radius 2 is 2.19 bits per heavy atom. The number of halogens is 2. The molecular weight excluding hydrogens is 357 g/mol. The van der Waals surface area contributed by atoms with Crippen LogP contribution in [0, 0.1) is 12.7 Å². The zero-order valence-electron chi connectivity index (χ0n) is 15.0. The number of nitrogens with one attached hydrogen (secondary N) is 1. The summed E-state index contributed by atoms with van der Waals surface area (Å²) in [6.45, 7) is 4.54. The number of aromatic nitrogens is 2. The van der Waals surface area contributed by atoms with E-state index in [0.29, 0.717) is 23.0 Å². The van der Waals surface area contributed by atoms with E-state index in [4.69, 9.17) is 16.3 Å². The van der Waals surface area contributed by atoms with Gasteiger partial charge >= 0.3 is 0 Å². The van der Waals surface area contributed by atoms with Crippen LogP contribution >= 0.6 is 11.6 Å². The summed E-state index contributed by atoms with van der Waals surface area (Å²) in [6.07, 6.45) is 4.29. The number of aryl methyl sites for hydroxylation is 1. The van der Waals surface area contributed by atoms with Gasteiger partial charge in [-0.1, -0.05) is 11.6 Å². The average molecular weight is 380 g/mol. The van der Waals surface area contributed by atoms with Gasteiger partial charge in [-0.05, 0) is 63.8 Å². The number of carbonyl (C=O) groups is 1. The molecule has 2 unspecified atom stereocenters. The molecule has 140 valence electrons. The quantitative estimate of drug-likeness (QED) is 0.823. The molecule has 3 rings (SSSR count). The molecular formula is C19H23ClFN3O2. The van der Waals surface area contributed by atoms with Crippen LogP contribution < -0.4 is 5.32 Å². The molecule has 1 aliphatic heterocycles. The fourth-order valence-corrected chi connectivity index (χ4v) is 3.54. The topological polar surface area (TPSA) is 56.2 Å². The van der Waals surface area contributed by atoms with E-state index in [1.165, 1.54) is 16.8 Å². The second-order valence-electron chi connectivity index (χ2n) is 6.73. The summed E-state index contributed by atoms with van der Waals surface area (Å²) in [4.78, 5) is 12.7. The molecule has 1 aliphatic rings. The van der Waals surface area contributed by atoms with Gasteiger partial charge in [-0.25, -0.2) is 9.07 Å². The third-order valence-electron chi connectivity index (χ3n) is 4.63. The number of hydrogen-bond acceptors (Lipinski definition) is 3. The Kier molecular flexibility index (Phi) is 5.94. The fraction of sp³-hybridized carbons (Fsp3) is 0.474. The van der Waals surface area contributed by atoms with Crippen molar-refractivity contribution in [3.8, 4) is 5.69 Å². The predicted octanol–water partition coefficient (Wildman–Crippen LogP) is 4.05. The summed E-state index contributed by atoms with van der Waals surface area (Å²) in [5.41, 5.74) is 1.48. The summed E-state index contributed by atoms with van der Waals surface area (Å²) in [5.74, 6) is -0.590. The lowest BCUT2D eigenvalue weighted by atomic mass is 10.1. The maximum atomic E-state index is 13.1. The Balaban J connectivity index is 1.68. The Morgan fingerprint density at radius 1 is 1.46 bits per heavy atom. The highest BCUT2D eigenvalue weighted by Gasteiger charge is 2.23.